The first-order valence-electron chi connectivity index (χ1n) is 8.89. The summed E-state index contributed by atoms with van der Waals surface area (Å²) in [4.78, 5) is 19.2. The number of anilines is 1. The Bertz CT molecular complexity index is 568. The summed E-state index contributed by atoms with van der Waals surface area (Å²) in [5.74, 6) is 2.27. The maximum Gasteiger partial charge on any atom is 0.253 e. The van der Waals surface area contributed by atoms with Crippen molar-refractivity contribution in [3.05, 3.63) is 23.9 Å². The normalized spacial score (nSPS) is 32.5. The fourth-order valence-corrected chi connectivity index (χ4v) is 4.79. The summed E-state index contributed by atoms with van der Waals surface area (Å²) in [5, 5.41) is 12.8. The van der Waals surface area contributed by atoms with Gasteiger partial charge in [0.2, 0.25) is 0 Å². The number of aliphatic hydroxyl groups excluding tert-OH is 1. The number of pyridine rings is 1. The first-order valence-corrected chi connectivity index (χ1v) is 8.89. The second-order valence-corrected chi connectivity index (χ2v) is 7.28. The molecule has 1 saturated heterocycles. The second kappa shape index (κ2) is 6.11. The number of amides is 1. The number of hydrogen-bond donors (Lipinski definition) is 2. The molecule has 1 amide bonds. The SMILES string of the molecule is O=C(NC1C2CCC(C2)C1CO)c1ccc(N2CCCC2)nc1. The van der Waals surface area contributed by atoms with Crippen molar-refractivity contribution in [1.82, 2.24) is 10.3 Å². The highest BCUT2D eigenvalue weighted by atomic mass is 16.3. The Morgan fingerprint density at radius 3 is 2.74 bits per heavy atom. The lowest BCUT2D eigenvalue weighted by atomic mass is 9.85. The highest BCUT2D eigenvalue weighted by Gasteiger charge is 2.47. The molecule has 2 saturated carbocycles. The van der Waals surface area contributed by atoms with E-state index in [1.54, 1.807) is 6.20 Å². The van der Waals surface area contributed by atoms with Crippen molar-refractivity contribution in [2.75, 3.05) is 24.6 Å². The van der Waals surface area contributed by atoms with E-state index in [1.807, 2.05) is 12.1 Å². The molecule has 0 spiro atoms. The second-order valence-electron chi connectivity index (χ2n) is 7.28. The third-order valence-corrected chi connectivity index (χ3v) is 6.04. The topological polar surface area (TPSA) is 65.5 Å². The maximum atomic E-state index is 12.5. The minimum Gasteiger partial charge on any atom is -0.396 e. The van der Waals surface area contributed by atoms with Crippen LogP contribution in [0.25, 0.3) is 0 Å². The molecule has 4 atom stereocenters. The average Bonchev–Trinajstić information content (AvgIpc) is 3.32. The van der Waals surface area contributed by atoms with E-state index in [1.165, 1.54) is 25.7 Å². The van der Waals surface area contributed by atoms with E-state index in [0.29, 0.717) is 17.4 Å². The Balaban J connectivity index is 1.42. The highest BCUT2D eigenvalue weighted by molar-refractivity contribution is 5.94. The smallest absolute Gasteiger partial charge is 0.253 e. The van der Waals surface area contributed by atoms with Crippen LogP contribution in [-0.4, -0.2) is 41.7 Å². The van der Waals surface area contributed by atoms with Gasteiger partial charge >= 0.3 is 0 Å². The van der Waals surface area contributed by atoms with E-state index in [-0.39, 0.29) is 24.5 Å². The number of carbonyl (C=O) groups excluding carboxylic acids is 1. The lowest BCUT2D eigenvalue weighted by Gasteiger charge is -2.30. The Kier molecular flexibility index (Phi) is 3.97. The van der Waals surface area contributed by atoms with Crippen molar-refractivity contribution in [2.24, 2.45) is 17.8 Å². The lowest BCUT2D eigenvalue weighted by Crippen LogP contribution is -2.45. The molecule has 5 nitrogen and oxygen atoms in total. The molecule has 4 rings (SSSR count). The molecule has 2 heterocycles. The average molecular weight is 315 g/mol. The van der Waals surface area contributed by atoms with E-state index in [9.17, 15) is 9.90 Å². The van der Waals surface area contributed by atoms with Crippen LogP contribution in [0.15, 0.2) is 18.3 Å². The number of aliphatic hydroxyl groups is 1. The van der Waals surface area contributed by atoms with Gasteiger partial charge < -0.3 is 15.3 Å². The third kappa shape index (κ3) is 2.71. The van der Waals surface area contributed by atoms with E-state index < -0.39 is 0 Å². The van der Waals surface area contributed by atoms with Crippen LogP contribution in [0.1, 0.15) is 42.5 Å². The molecule has 1 aromatic heterocycles. The molecule has 2 aliphatic carbocycles. The van der Waals surface area contributed by atoms with Gasteiger partial charge in [-0.3, -0.25) is 4.79 Å². The van der Waals surface area contributed by atoms with Gasteiger partial charge in [-0.25, -0.2) is 4.98 Å². The highest BCUT2D eigenvalue weighted by Crippen LogP contribution is 2.48. The van der Waals surface area contributed by atoms with Gasteiger partial charge in [0.05, 0.1) is 5.56 Å². The van der Waals surface area contributed by atoms with E-state index in [0.717, 1.165) is 25.3 Å². The summed E-state index contributed by atoms with van der Waals surface area (Å²) in [6.45, 7) is 2.29. The van der Waals surface area contributed by atoms with E-state index in [2.05, 4.69) is 15.2 Å². The van der Waals surface area contributed by atoms with Crippen LogP contribution < -0.4 is 10.2 Å². The summed E-state index contributed by atoms with van der Waals surface area (Å²) < 4.78 is 0. The van der Waals surface area contributed by atoms with Gasteiger partial charge in [-0.05, 0) is 56.1 Å². The number of fused-ring (bicyclic) bond motifs is 2. The van der Waals surface area contributed by atoms with Gasteiger partial charge in [0.1, 0.15) is 5.82 Å². The molecule has 23 heavy (non-hydrogen) atoms. The lowest BCUT2D eigenvalue weighted by molar-refractivity contribution is 0.0861. The van der Waals surface area contributed by atoms with Crippen LogP contribution in [0.3, 0.4) is 0 Å². The molecule has 2 bridgehead atoms. The summed E-state index contributed by atoms with van der Waals surface area (Å²) in [6.07, 6.45) is 7.66. The zero-order valence-electron chi connectivity index (χ0n) is 13.4. The van der Waals surface area contributed by atoms with E-state index in [4.69, 9.17) is 0 Å². The standard InChI is InChI=1S/C18H25N3O2/c22-11-15-12-3-4-13(9-12)17(15)20-18(23)14-5-6-16(19-10-14)21-7-1-2-8-21/h5-6,10,12-13,15,17,22H,1-4,7-9,11H2,(H,20,23). The minimum atomic E-state index is -0.0542. The Morgan fingerprint density at radius 1 is 1.26 bits per heavy atom. The van der Waals surface area contributed by atoms with Crippen LogP contribution in [0.4, 0.5) is 5.82 Å². The first kappa shape index (κ1) is 14.9. The summed E-state index contributed by atoms with van der Waals surface area (Å²) in [6, 6.07) is 3.95. The number of aromatic nitrogens is 1. The predicted molar refractivity (Wildman–Crippen MR) is 88.3 cm³/mol. The molecule has 1 aliphatic heterocycles. The van der Waals surface area contributed by atoms with E-state index >= 15 is 0 Å². The van der Waals surface area contributed by atoms with Crippen molar-refractivity contribution in [3.8, 4) is 0 Å². The van der Waals surface area contributed by atoms with Gasteiger partial charge in [-0.1, -0.05) is 0 Å². The maximum absolute atomic E-state index is 12.5. The summed E-state index contributed by atoms with van der Waals surface area (Å²) in [5.41, 5.74) is 0.618. The van der Waals surface area contributed by atoms with Crippen molar-refractivity contribution in [2.45, 2.75) is 38.1 Å². The number of nitrogens with one attached hydrogen (secondary N) is 1. The van der Waals surface area contributed by atoms with Crippen molar-refractivity contribution < 1.29 is 9.90 Å². The van der Waals surface area contributed by atoms with Crippen LogP contribution >= 0.6 is 0 Å². The molecule has 0 radical (unpaired) electrons. The van der Waals surface area contributed by atoms with Gasteiger partial charge in [0, 0.05) is 37.9 Å². The van der Waals surface area contributed by atoms with Gasteiger partial charge in [-0.2, -0.15) is 0 Å². The molecule has 1 aromatic rings. The Morgan fingerprint density at radius 2 is 2.04 bits per heavy atom. The molecule has 4 unspecified atom stereocenters. The summed E-state index contributed by atoms with van der Waals surface area (Å²) in [7, 11) is 0. The van der Waals surface area contributed by atoms with Crippen LogP contribution in [0.5, 0.6) is 0 Å². The molecule has 5 heteroatoms. The summed E-state index contributed by atoms with van der Waals surface area (Å²) >= 11 is 0. The molecule has 0 aromatic carbocycles. The Hall–Kier alpha value is -1.62. The largest absolute Gasteiger partial charge is 0.396 e. The van der Waals surface area contributed by atoms with Crippen LogP contribution in [0.2, 0.25) is 0 Å². The Labute approximate surface area is 137 Å². The minimum absolute atomic E-state index is 0.0542. The number of hydrogen-bond acceptors (Lipinski definition) is 4. The first-order chi connectivity index (χ1) is 11.3. The quantitative estimate of drug-likeness (QED) is 0.889. The molecular weight excluding hydrogens is 290 g/mol. The van der Waals surface area contributed by atoms with Gasteiger partial charge in [-0.15, -0.1) is 0 Å². The third-order valence-electron chi connectivity index (χ3n) is 6.04. The molecule has 2 N–H and O–H groups in total. The van der Waals surface area contributed by atoms with Crippen LogP contribution in [-0.2, 0) is 0 Å². The van der Waals surface area contributed by atoms with Crippen molar-refractivity contribution in [3.63, 3.8) is 0 Å². The van der Waals surface area contributed by atoms with Crippen LogP contribution in [0, 0.1) is 17.8 Å². The van der Waals surface area contributed by atoms with Crippen molar-refractivity contribution >= 4 is 11.7 Å². The molecule has 124 valence electrons. The molecule has 3 fully saturated rings. The van der Waals surface area contributed by atoms with Gasteiger partial charge in [0.25, 0.3) is 5.91 Å². The molecular formula is C18H25N3O2. The molecule has 3 aliphatic rings. The number of nitrogens with zero attached hydrogens (tertiary/aromatic N) is 2. The number of carbonyl (C=O) groups is 1. The van der Waals surface area contributed by atoms with Crippen molar-refractivity contribution in [1.29, 1.82) is 0 Å². The number of rotatable bonds is 4. The van der Waals surface area contributed by atoms with Gasteiger partial charge in [0.15, 0.2) is 0 Å². The fourth-order valence-electron chi connectivity index (χ4n) is 4.79. The predicted octanol–water partition coefficient (Wildman–Crippen LogP) is 1.82. The fraction of sp³-hybridized carbons (Fsp3) is 0.667. The zero-order chi connectivity index (χ0) is 15.8. The monoisotopic (exact) mass is 315 g/mol. The zero-order valence-corrected chi connectivity index (χ0v) is 13.4.